The first-order chi connectivity index (χ1) is 5.31. The molecule has 0 aliphatic heterocycles. The molecule has 1 aromatic heterocycles. The van der Waals surface area contributed by atoms with Crippen LogP contribution >= 0.6 is 0 Å². The predicted octanol–water partition coefficient (Wildman–Crippen LogP) is 1.26. The van der Waals surface area contributed by atoms with Crippen molar-refractivity contribution < 1.29 is 4.42 Å². The quantitative estimate of drug-likeness (QED) is 0.713. The van der Waals surface area contributed by atoms with Gasteiger partial charge in [0.1, 0.15) is 5.76 Å². The minimum absolute atomic E-state index is 0.455. The van der Waals surface area contributed by atoms with Crippen LogP contribution in [0.4, 0.5) is 0 Å². The van der Waals surface area contributed by atoms with E-state index in [1.807, 2.05) is 6.92 Å². The van der Waals surface area contributed by atoms with E-state index in [9.17, 15) is 0 Å². The molecule has 0 aliphatic rings. The van der Waals surface area contributed by atoms with Gasteiger partial charge >= 0.3 is 0 Å². The highest BCUT2D eigenvalue weighted by Crippen LogP contribution is 2.11. The molecule has 0 saturated heterocycles. The van der Waals surface area contributed by atoms with E-state index in [1.165, 1.54) is 0 Å². The van der Waals surface area contributed by atoms with E-state index in [0.717, 1.165) is 30.2 Å². The fraction of sp³-hybridized carbons (Fsp3) is 0.625. The van der Waals surface area contributed by atoms with E-state index >= 15 is 0 Å². The summed E-state index contributed by atoms with van der Waals surface area (Å²) in [6.07, 6.45) is 1.74. The zero-order valence-corrected chi connectivity index (χ0v) is 7.05. The summed E-state index contributed by atoms with van der Waals surface area (Å²) in [5, 5.41) is 0. The van der Waals surface area contributed by atoms with Crippen molar-refractivity contribution in [1.82, 2.24) is 4.98 Å². The monoisotopic (exact) mass is 154 g/mol. The fourth-order valence-electron chi connectivity index (χ4n) is 1.02. The van der Waals surface area contributed by atoms with Crippen molar-refractivity contribution in [3.63, 3.8) is 0 Å². The molecule has 62 valence electrons. The van der Waals surface area contributed by atoms with E-state index in [4.69, 9.17) is 10.2 Å². The number of hydrogen-bond acceptors (Lipinski definition) is 3. The van der Waals surface area contributed by atoms with Crippen LogP contribution in [0.25, 0.3) is 0 Å². The molecule has 0 fully saturated rings. The summed E-state index contributed by atoms with van der Waals surface area (Å²) in [4.78, 5) is 4.27. The number of oxazole rings is 1. The number of aromatic nitrogens is 1. The van der Waals surface area contributed by atoms with Crippen molar-refractivity contribution in [3.8, 4) is 0 Å². The summed E-state index contributed by atoms with van der Waals surface area (Å²) in [7, 11) is 0. The molecule has 0 amide bonds. The predicted molar refractivity (Wildman–Crippen MR) is 43.2 cm³/mol. The van der Waals surface area contributed by atoms with Gasteiger partial charge < -0.3 is 10.2 Å². The van der Waals surface area contributed by atoms with Gasteiger partial charge in [0, 0.05) is 6.42 Å². The maximum Gasteiger partial charge on any atom is 0.194 e. The number of rotatable bonds is 3. The van der Waals surface area contributed by atoms with Crippen molar-refractivity contribution in [2.75, 3.05) is 0 Å². The lowest BCUT2D eigenvalue weighted by Crippen LogP contribution is -1.97. The van der Waals surface area contributed by atoms with Gasteiger partial charge in [0.25, 0.3) is 0 Å². The average molecular weight is 154 g/mol. The third-order valence-electron chi connectivity index (χ3n) is 1.65. The zero-order valence-electron chi connectivity index (χ0n) is 7.05. The van der Waals surface area contributed by atoms with Crippen molar-refractivity contribution in [2.24, 2.45) is 5.73 Å². The second kappa shape index (κ2) is 3.53. The Hall–Kier alpha value is -0.830. The molecule has 0 aliphatic carbocycles. The van der Waals surface area contributed by atoms with Gasteiger partial charge in [-0.15, -0.1) is 0 Å². The summed E-state index contributed by atoms with van der Waals surface area (Å²) in [6, 6.07) is 0. The second-order valence-corrected chi connectivity index (χ2v) is 2.39. The lowest BCUT2D eigenvalue weighted by Gasteiger charge is -1.89. The Labute approximate surface area is 66.6 Å². The highest BCUT2D eigenvalue weighted by atomic mass is 16.4. The summed E-state index contributed by atoms with van der Waals surface area (Å²) in [6.45, 7) is 4.53. The van der Waals surface area contributed by atoms with E-state index in [0.29, 0.717) is 6.54 Å². The van der Waals surface area contributed by atoms with Crippen molar-refractivity contribution in [1.29, 1.82) is 0 Å². The molecule has 0 spiro atoms. The van der Waals surface area contributed by atoms with Crippen LogP contribution in [-0.2, 0) is 19.4 Å². The second-order valence-electron chi connectivity index (χ2n) is 2.39. The molecule has 3 heteroatoms. The first kappa shape index (κ1) is 8.27. The van der Waals surface area contributed by atoms with Gasteiger partial charge in [-0.2, -0.15) is 0 Å². The molecule has 11 heavy (non-hydrogen) atoms. The van der Waals surface area contributed by atoms with Gasteiger partial charge in [-0.05, 0) is 6.42 Å². The Kier molecular flexibility index (Phi) is 2.65. The number of aryl methyl sites for hydroxylation is 2. The molecule has 0 saturated carbocycles. The Morgan fingerprint density at radius 3 is 2.45 bits per heavy atom. The summed E-state index contributed by atoms with van der Waals surface area (Å²) in [5.74, 6) is 1.63. The highest BCUT2D eigenvalue weighted by molar-refractivity contribution is 5.09. The van der Waals surface area contributed by atoms with Gasteiger partial charge in [-0.3, -0.25) is 0 Å². The van der Waals surface area contributed by atoms with Crippen LogP contribution in [0.1, 0.15) is 31.2 Å². The smallest absolute Gasteiger partial charge is 0.194 e. The third kappa shape index (κ3) is 1.60. The van der Waals surface area contributed by atoms with Gasteiger partial charge in [-0.25, -0.2) is 4.98 Å². The molecule has 2 N–H and O–H groups in total. The molecular weight excluding hydrogens is 140 g/mol. The topological polar surface area (TPSA) is 52.0 Å². The van der Waals surface area contributed by atoms with Crippen molar-refractivity contribution in [3.05, 3.63) is 17.3 Å². The van der Waals surface area contributed by atoms with Crippen LogP contribution < -0.4 is 5.73 Å². The Morgan fingerprint density at radius 2 is 2.09 bits per heavy atom. The van der Waals surface area contributed by atoms with Crippen LogP contribution in [-0.4, -0.2) is 4.98 Å². The Morgan fingerprint density at radius 1 is 1.36 bits per heavy atom. The summed E-state index contributed by atoms with van der Waals surface area (Å²) < 4.78 is 5.37. The molecule has 0 aromatic carbocycles. The van der Waals surface area contributed by atoms with Gasteiger partial charge in [0.15, 0.2) is 5.89 Å². The number of hydrogen-bond donors (Lipinski definition) is 1. The normalized spacial score (nSPS) is 10.5. The molecule has 1 aromatic rings. The maximum atomic E-state index is 5.46. The molecule has 1 rings (SSSR count). The van der Waals surface area contributed by atoms with E-state index < -0.39 is 0 Å². The molecule has 1 heterocycles. The maximum absolute atomic E-state index is 5.46. The van der Waals surface area contributed by atoms with E-state index in [2.05, 4.69) is 11.9 Å². The lowest BCUT2D eigenvalue weighted by atomic mass is 10.3. The molecule has 0 radical (unpaired) electrons. The van der Waals surface area contributed by atoms with Crippen LogP contribution in [0, 0.1) is 0 Å². The first-order valence-corrected chi connectivity index (χ1v) is 3.99. The van der Waals surface area contributed by atoms with Crippen LogP contribution in [0.2, 0.25) is 0 Å². The van der Waals surface area contributed by atoms with Crippen LogP contribution in [0.15, 0.2) is 4.42 Å². The highest BCUT2D eigenvalue weighted by Gasteiger charge is 2.07. The van der Waals surface area contributed by atoms with Gasteiger partial charge in [0.05, 0.1) is 12.2 Å². The van der Waals surface area contributed by atoms with Crippen molar-refractivity contribution in [2.45, 2.75) is 33.2 Å². The van der Waals surface area contributed by atoms with E-state index in [1.54, 1.807) is 0 Å². The SMILES string of the molecule is CCc1nc(CC)c(CN)o1. The third-order valence-corrected chi connectivity index (χ3v) is 1.65. The fourth-order valence-corrected chi connectivity index (χ4v) is 1.02. The summed E-state index contributed by atoms with van der Waals surface area (Å²) in [5.41, 5.74) is 6.46. The van der Waals surface area contributed by atoms with Crippen molar-refractivity contribution >= 4 is 0 Å². The van der Waals surface area contributed by atoms with Gasteiger partial charge in [-0.1, -0.05) is 13.8 Å². The Bertz CT molecular complexity index is 208. The molecule has 0 bridgehead atoms. The minimum atomic E-state index is 0.455. The molecule has 0 atom stereocenters. The largest absolute Gasteiger partial charge is 0.444 e. The zero-order chi connectivity index (χ0) is 8.27. The van der Waals surface area contributed by atoms with Crippen LogP contribution in [0.5, 0.6) is 0 Å². The van der Waals surface area contributed by atoms with E-state index in [-0.39, 0.29) is 0 Å². The summed E-state index contributed by atoms with van der Waals surface area (Å²) >= 11 is 0. The molecular formula is C8H14N2O. The van der Waals surface area contributed by atoms with Gasteiger partial charge in [0.2, 0.25) is 0 Å². The molecule has 3 nitrogen and oxygen atoms in total. The number of nitrogens with two attached hydrogens (primary N) is 1. The minimum Gasteiger partial charge on any atom is -0.444 e. The molecule has 0 unspecified atom stereocenters. The standard InChI is InChI=1S/C8H14N2O/c1-3-6-7(5-9)11-8(4-2)10-6/h3-5,9H2,1-2H3. The average Bonchev–Trinajstić information content (AvgIpc) is 2.46. The van der Waals surface area contributed by atoms with Crippen LogP contribution in [0.3, 0.4) is 0 Å². The number of nitrogens with zero attached hydrogens (tertiary/aromatic N) is 1. The first-order valence-electron chi connectivity index (χ1n) is 3.99. The Balaban J connectivity index is 2.92. The lowest BCUT2D eigenvalue weighted by molar-refractivity contribution is 0.460.